The van der Waals surface area contributed by atoms with Crippen LogP contribution in [0, 0.1) is 5.92 Å². The standard InChI is InChI=1S/C8H12ClN3O/c1-6(5-13)2-10-8-11-3-7(9)4-12-8/h3-4,6,13H,2,5H2,1H3,(H,10,11,12). The van der Waals surface area contributed by atoms with E-state index in [9.17, 15) is 0 Å². The van der Waals surface area contributed by atoms with Crippen molar-refractivity contribution in [3.8, 4) is 0 Å². The van der Waals surface area contributed by atoms with Crippen molar-refractivity contribution in [2.75, 3.05) is 18.5 Å². The Labute approximate surface area is 82.0 Å². The summed E-state index contributed by atoms with van der Waals surface area (Å²) in [6.45, 7) is 2.74. The van der Waals surface area contributed by atoms with E-state index in [1.54, 1.807) is 0 Å². The molecular weight excluding hydrogens is 190 g/mol. The minimum absolute atomic E-state index is 0.153. The SMILES string of the molecule is CC(CO)CNc1ncc(Cl)cn1. The third-order valence-corrected chi connectivity index (χ3v) is 1.74. The molecule has 0 spiro atoms. The highest BCUT2D eigenvalue weighted by Gasteiger charge is 2.00. The fourth-order valence-corrected chi connectivity index (χ4v) is 0.831. The van der Waals surface area contributed by atoms with Gasteiger partial charge in [-0.15, -0.1) is 0 Å². The maximum atomic E-state index is 8.75. The Morgan fingerprint density at radius 2 is 2.15 bits per heavy atom. The maximum Gasteiger partial charge on any atom is 0.222 e. The highest BCUT2D eigenvalue weighted by atomic mass is 35.5. The minimum atomic E-state index is 0.153. The van der Waals surface area contributed by atoms with E-state index in [4.69, 9.17) is 16.7 Å². The number of aliphatic hydroxyl groups is 1. The molecule has 0 radical (unpaired) electrons. The van der Waals surface area contributed by atoms with Crippen molar-refractivity contribution in [2.45, 2.75) is 6.92 Å². The molecule has 0 aliphatic heterocycles. The average Bonchev–Trinajstić information content (AvgIpc) is 2.16. The van der Waals surface area contributed by atoms with E-state index in [1.807, 2.05) is 6.92 Å². The van der Waals surface area contributed by atoms with Gasteiger partial charge in [0.15, 0.2) is 0 Å². The van der Waals surface area contributed by atoms with E-state index in [2.05, 4.69) is 15.3 Å². The highest BCUT2D eigenvalue weighted by molar-refractivity contribution is 6.30. The summed E-state index contributed by atoms with van der Waals surface area (Å²) in [6.07, 6.45) is 3.06. The van der Waals surface area contributed by atoms with Gasteiger partial charge >= 0.3 is 0 Å². The lowest BCUT2D eigenvalue weighted by atomic mass is 10.2. The summed E-state index contributed by atoms with van der Waals surface area (Å²) >= 11 is 5.61. The molecule has 4 nitrogen and oxygen atoms in total. The summed E-state index contributed by atoms with van der Waals surface area (Å²) in [6, 6.07) is 0. The van der Waals surface area contributed by atoms with Crippen LogP contribution in [0.3, 0.4) is 0 Å². The second-order valence-corrected chi connectivity index (χ2v) is 3.33. The van der Waals surface area contributed by atoms with Crippen LogP contribution < -0.4 is 5.32 Å². The summed E-state index contributed by atoms with van der Waals surface area (Å²) in [4.78, 5) is 7.90. The second-order valence-electron chi connectivity index (χ2n) is 2.89. The van der Waals surface area contributed by atoms with Gasteiger partial charge in [0, 0.05) is 13.2 Å². The Morgan fingerprint density at radius 1 is 1.54 bits per heavy atom. The van der Waals surface area contributed by atoms with Crippen LogP contribution in [0.25, 0.3) is 0 Å². The number of hydrogen-bond donors (Lipinski definition) is 2. The molecule has 13 heavy (non-hydrogen) atoms. The van der Waals surface area contributed by atoms with Gasteiger partial charge in [0.05, 0.1) is 17.4 Å². The van der Waals surface area contributed by atoms with Crippen molar-refractivity contribution >= 4 is 17.5 Å². The van der Waals surface area contributed by atoms with Gasteiger partial charge in [-0.1, -0.05) is 18.5 Å². The zero-order valence-electron chi connectivity index (χ0n) is 7.37. The summed E-state index contributed by atoms with van der Waals surface area (Å²) in [5.41, 5.74) is 0. The fourth-order valence-electron chi connectivity index (χ4n) is 0.734. The van der Waals surface area contributed by atoms with Crippen LogP contribution in [0.15, 0.2) is 12.4 Å². The molecule has 0 bridgehead atoms. The predicted octanol–water partition coefficient (Wildman–Crippen LogP) is 1.17. The van der Waals surface area contributed by atoms with Gasteiger partial charge < -0.3 is 10.4 Å². The minimum Gasteiger partial charge on any atom is -0.396 e. The monoisotopic (exact) mass is 201 g/mol. The molecule has 1 unspecified atom stereocenters. The third-order valence-electron chi connectivity index (χ3n) is 1.54. The molecular formula is C8H12ClN3O. The Balaban J connectivity index is 2.41. The van der Waals surface area contributed by atoms with Crippen molar-refractivity contribution in [3.05, 3.63) is 17.4 Å². The van der Waals surface area contributed by atoms with Gasteiger partial charge in [-0.05, 0) is 5.92 Å². The van der Waals surface area contributed by atoms with E-state index in [-0.39, 0.29) is 12.5 Å². The number of halogens is 1. The van der Waals surface area contributed by atoms with Crippen molar-refractivity contribution in [2.24, 2.45) is 5.92 Å². The lowest BCUT2D eigenvalue weighted by Crippen LogP contribution is -2.15. The van der Waals surface area contributed by atoms with Crippen molar-refractivity contribution < 1.29 is 5.11 Å². The molecule has 0 aromatic carbocycles. The normalized spacial score (nSPS) is 12.5. The molecule has 1 atom stereocenters. The molecule has 0 fully saturated rings. The molecule has 2 N–H and O–H groups in total. The van der Waals surface area contributed by atoms with Gasteiger partial charge in [-0.25, -0.2) is 9.97 Å². The van der Waals surface area contributed by atoms with Gasteiger partial charge in [0.25, 0.3) is 0 Å². The number of hydrogen-bond acceptors (Lipinski definition) is 4. The molecule has 0 aliphatic carbocycles. The van der Waals surface area contributed by atoms with Crippen molar-refractivity contribution in [1.29, 1.82) is 0 Å². The Kier molecular flexibility index (Phi) is 3.92. The van der Waals surface area contributed by atoms with Crippen LogP contribution in [0.4, 0.5) is 5.95 Å². The topological polar surface area (TPSA) is 58.0 Å². The smallest absolute Gasteiger partial charge is 0.222 e. The number of rotatable bonds is 4. The zero-order chi connectivity index (χ0) is 9.68. The molecule has 0 aliphatic rings. The van der Waals surface area contributed by atoms with Crippen molar-refractivity contribution in [1.82, 2.24) is 9.97 Å². The van der Waals surface area contributed by atoms with E-state index in [0.717, 1.165) is 0 Å². The average molecular weight is 202 g/mol. The van der Waals surface area contributed by atoms with E-state index in [0.29, 0.717) is 17.5 Å². The van der Waals surface area contributed by atoms with E-state index >= 15 is 0 Å². The van der Waals surface area contributed by atoms with E-state index < -0.39 is 0 Å². The number of aromatic nitrogens is 2. The predicted molar refractivity (Wildman–Crippen MR) is 51.8 cm³/mol. The van der Waals surface area contributed by atoms with Gasteiger partial charge in [-0.3, -0.25) is 0 Å². The molecule has 0 saturated heterocycles. The molecule has 72 valence electrons. The lowest BCUT2D eigenvalue weighted by Gasteiger charge is -2.08. The van der Waals surface area contributed by atoms with Gasteiger partial charge in [0.2, 0.25) is 5.95 Å². The van der Waals surface area contributed by atoms with Crippen LogP contribution in [0.5, 0.6) is 0 Å². The molecule has 0 saturated carbocycles. The summed E-state index contributed by atoms with van der Waals surface area (Å²) in [7, 11) is 0. The number of anilines is 1. The largest absolute Gasteiger partial charge is 0.396 e. The summed E-state index contributed by atoms with van der Waals surface area (Å²) in [5.74, 6) is 0.726. The summed E-state index contributed by atoms with van der Waals surface area (Å²) in [5, 5.41) is 12.3. The molecule has 1 rings (SSSR count). The molecule has 1 aromatic heterocycles. The van der Waals surface area contributed by atoms with Gasteiger partial charge in [-0.2, -0.15) is 0 Å². The molecule has 5 heteroatoms. The Hall–Kier alpha value is -0.870. The zero-order valence-corrected chi connectivity index (χ0v) is 8.12. The number of aliphatic hydroxyl groups excluding tert-OH is 1. The molecule has 0 amide bonds. The quantitative estimate of drug-likeness (QED) is 0.768. The first-order chi connectivity index (χ1) is 6.22. The fraction of sp³-hybridized carbons (Fsp3) is 0.500. The summed E-state index contributed by atoms with van der Waals surface area (Å²) < 4.78 is 0. The van der Waals surface area contributed by atoms with Crippen LogP contribution in [0.1, 0.15) is 6.92 Å². The molecule has 1 aromatic rings. The Morgan fingerprint density at radius 3 is 2.69 bits per heavy atom. The second kappa shape index (κ2) is 4.99. The Bertz CT molecular complexity index is 252. The first-order valence-electron chi connectivity index (χ1n) is 4.04. The number of nitrogens with one attached hydrogen (secondary N) is 1. The van der Waals surface area contributed by atoms with Crippen LogP contribution in [-0.2, 0) is 0 Å². The van der Waals surface area contributed by atoms with Crippen molar-refractivity contribution in [3.63, 3.8) is 0 Å². The maximum absolute atomic E-state index is 8.75. The van der Waals surface area contributed by atoms with Crippen LogP contribution in [-0.4, -0.2) is 28.2 Å². The highest BCUT2D eigenvalue weighted by Crippen LogP contribution is 2.05. The first-order valence-corrected chi connectivity index (χ1v) is 4.42. The number of nitrogens with zero attached hydrogens (tertiary/aromatic N) is 2. The lowest BCUT2D eigenvalue weighted by molar-refractivity contribution is 0.244. The van der Waals surface area contributed by atoms with E-state index in [1.165, 1.54) is 12.4 Å². The first kappa shape index (κ1) is 10.2. The van der Waals surface area contributed by atoms with Gasteiger partial charge in [0.1, 0.15) is 0 Å². The third kappa shape index (κ3) is 3.57. The van der Waals surface area contributed by atoms with Crippen LogP contribution >= 0.6 is 11.6 Å². The molecule has 1 heterocycles. The van der Waals surface area contributed by atoms with Crippen LogP contribution in [0.2, 0.25) is 5.02 Å².